The minimum Gasteiger partial charge on any atom is -0.496 e. The van der Waals surface area contributed by atoms with Crippen LogP contribution in [0.25, 0.3) is 0 Å². The van der Waals surface area contributed by atoms with Crippen LogP contribution in [0.3, 0.4) is 0 Å². The summed E-state index contributed by atoms with van der Waals surface area (Å²) in [6, 6.07) is 7.34. The molecule has 1 saturated heterocycles. The number of likely N-dealkylation sites (N-methyl/N-ethyl adjacent to an activating group) is 1. The maximum Gasteiger partial charge on any atom is 0.227 e. The highest BCUT2D eigenvalue weighted by Gasteiger charge is 2.29. The van der Waals surface area contributed by atoms with Crippen LogP contribution in [0, 0.1) is 0 Å². The van der Waals surface area contributed by atoms with Gasteiger partial charge in [0, 0.05) is 35.9 Å². The number of ether oxygens (including phenoxy) is 1. The topological polar surface area (TPSA) is 84.6 Å². The molecule has 7 nitrogen and oxygen atoms in total. The van der Waals surface area contributed by atoms with E-state index < -0.39 is 0 Å². The first-order valence-electron chi connectivity index (χ1n) is 8.84. The number of nitrogens with two attached hydrogens (primary N) is 1. The number of hydrogen-bond donors (Lipinski definition) is 1. The molecule has 144 valence electrons. The molecule has 1 aromatic heterocycles. The van der Waals surface area contributed by atoms with E-state index in [4.69, 9.17) is 22.1 Å². The molecule has 0 bridgehead atoms. The Morgan fingerprint density at radius 2 is 2.26 bits per heavy atom. The van der Waals surface area contributed by atoms with E-state index in [1.165, 1.54) is 0 Å². The second-order valence-electron chi connectivity index (χ2n) is 6.69. The lowest BCUT2D eigenvalue weighted by Crippen LogP contribution is -2.37. The number of carbonyl (C=O) groups excluding carboxylic acids is 1. The fraction of sp³-hybridized carbons (Fsp3) is 0.421. The van der Waals surface area contributed by atoms with Crippen LogP contribution >= 0.6 is 11.6 Å². The van der Waals surface area contributed by atoms with Gasteiger partial charge in [0.15, 0.2) is 0 Å². The molecule has 1 amide bonds. The summed E-state index contributed by atoms with van der Waals surface area (Å²) in [7, 11) is 3.60. The molecule has 8 heteroatoms. The summed E-state index contributed by atoms with van der Waals surface area (Å²) in [5, 5.41) is 0.550. The van der Waals surface area contributed by atoms with E-state index in [0.29, 0.717) is 35.5 Å². The van der Waals surface area contributed by atoms with Crippen molar-refractivity contribution in [3.8, 4) is 5.75 Å². The van der Waals surface area contributed by atoms with Gasteiger partial charge in [-0.05, 0) is 31.7 Å². The molecular formula is C19H24ClN5O2. The predicted molar refractivity (Wildman–Crippen MR) is 105 cm³/mol. The Labute approximate surface area is 164 Å². The van der Waals surface area contributed by atoms with Gasteiger partial charge in [-0.15, -0.1) is 0 Å². The highest BCUT2D eigenvalue weighted by Crippen LogP contribution is 2.28. The maximum atomic E-state index is 12.8. The monoisotopic (exact) mass is 389 g/mol. The largest absolute Gasteiger partial charge is 0.496 e. The third-order valence-electron chi connectivity index (χ3n) is 4.88. The lowest BCUT2D eigenvalue weighted by molar-refractivity contribution is -0.129. The van der Waals surface area contributed by atoms with Crippen LogP contribution in [0.4, 0.5) is 5.82 Å². The van der Waals surface area contributed by atoms with Gasteiger partial charge in [0.25, 0.3) is 0 Å². The zero-order valence-electron chi connectivity index (χ0n) is 15.6. The quantitative estimate of drug-likeness (QED) is 0.813. The Kier molecular flexibility index (Phi) is 6.13. The van der Waals surface area contributed by atoms with Crippen LogP contribution in [-0.4, -0.2) is 59.0 Å². The number of anilines is 1. The van der Waals surface area contributed by atoms with Crippen LogP contribution in [0.5, 0.6) is 5.75 Å². The number of nitrogen functional groups attached to an aromatic ring is 1. The second kappa shape index (κ2) is 8.54. The maximum absolute atomic E-state index is 12.8. The number of nitrogens with zero attached hydrogens (tertiary/aromatic N) is 4. The molecule has 1 aliphatic rings. The van der Waals surface area contributed by atoms with Crippen LogP contribution in [0.1, 0.15) is 17.8 Å². The number of rotatable bonds is 6. The van der Waals surface area contributed by atoms with E-state index >= 15 is 0 Å². The third kappa shape index (κ3) is 4.67. The summed E-state index contributed by atoms with van der Waals surface area (Å²) in [5.41, 5.74) is 6.45. The van der Waals surface area contributed by atoms with Crippen molar-refractivity contribution < 1.29 is 9.53 Å². The first-order chi connectivity index (χ1) is 13.0. The van der Waals surface area contributed by atoms with Gasteiger partial charge in [-0.1, -0.05) is 17.7 Å². The molecule has 0 aliphatic carbocycles. The van der Waals surface area contributed by atoms with Crippen molar-refractivity contribution in [1.82, 2.24) is 19.8 Å². The number of methoxy groups -OCH3 is 1. The molecule has 2 aromatic rings. The summed E-state index contributed by atoms with van der Waals surface area (Å²) < 4.78 is 5.34. The van der Waals surface area contributed by atoms with Crippen molar-refractivity contribution >= 4 is 23.3 Å². The molecule has 3 rings (SSSR count). The predicted octanol–water partition coefficient (Wildman–Crippen LogP) is 2.00. The zero-order valence-corrected chi connectivity index (χ0v) is 16.3. The number of halogens is 1. The SMILES string of the molecule is COc1cccc(Cl)c1CC(=O)N1CC[C@H](N(C)Cc2nccc(N)n2)C1. The smallest absolute Gasteiger partial charge is 0.227 e. The van der Waals surface area contributed by atoms with Crippen molar-refractivity contribution in [3.05, 3.63) is 46.9 Å². The fourth-order valence-corrected chi connectivity index (χ4v) is 3.57. The minimum atomic E-state index is 0.0532. The van der Waals surface area contributed by atoms with Crippen molar-refractivity contribution in [2.75, 3.05) is 33.0 Å². The normalized spacial score (nSPS) is 16.7. The van der Waals surface area contributed by atoms with Crippen LogP contribution in [-0.2, 0) is 17.8 Å². The standard InChI is InChI=1S/C19H24ClN5O2/c1-24(12-18-22-8-6-17(21)23-18)13-7-9-25(11-13)19(26)10-14-15(20)4-3-5-16(14)27-2/h3-6,8,13H,7,9-12H2,1-2H3,(H2,21,22,23)/t13-/m0/s1. The van der Waals surface area contributed by atoms with Crippen LogP contribution in [0.2, 0.25) is 5.02 Å². The van der Waals surface area contributed by atoms with E-state index in [9.17, 15) is 4.79 Å². The molecule has 0 radical (unpaired) electrons. The first-order valence-corrected chi connectivity index (χ1v) is 9.22. The lowest BCUT2D eigenvalue weighted by atomic mass is 10.1. The van der Waals surface area contributed by atoms with Gasteiger partial charge in [0.1, 0.15) is 17.4 Å². The van der Waals surface area contributed by atoms with Gasteiger partial charge >= 0.3 is 0 Å². The Hall–Kier alpha value is -2.38. The Balaban J connectivity index is 1.59. The summed E-state index contributed by atoms with van der Waals surface area (Å²) in [5.74, 6) is 1.84. The molecule has 1 fully saturated rings. The van der Waals surface area contributed by atoms with E-state index in [2.05, 4.69) is 14.9 Å². The number of hydrogen-bond acceptors (Lipinski definition) is 6. The zero-order chi connectivity index (χ0) is 19.4. The highest BCUT2D eigenvalue weighted by atomic mass is 35.5. The molecule has 1 aliphatic heterocycles. The molecule has 2 heterocycles. The van der Waals surface area contributed by atoms with E-state index in [-0.39, 0.29) is 18.4 Å². The van der Waals surface area contributed by atoms with E-state index in [0.717, 1.165) is 18.5 Å². The molecule has 27 heavy (non-hydrogen) atoms. The summed E-state index contributed by atoms with van der Waals surface area (Å²) in [6.07, 6.45) is 2.80. The van der Waals surface area contributed by atoms with Gasteiger partial charge in [-0.2, -0.15) is 0 Å². The van der Waals surface area contributed by atoms with Gasteiger partial charge in [-0.3, -0.25) is 9.69 Å². The number of aromatic nitrogens is 2. The number of amides is 1. The van der Waals surface area contributed by atoms with Gasteiger partial charge in [0.2, 0.25) is 5.91 Å². The van der Waals surface area contributed by atoms with Crippen molar-refractivity contribution in [3.63, 3.8) is 0 Å². The molecule has 0 spiro atoms. The van der Waals surface area contributed by atoms with Crippen molar-refractivity contribution in [2.45, 2.75) is 25.4 Å². The van der Waals surface area contributed by atoms with Crippen LogP contribution < -0.4 is 10.5 Å². The van der Waals surface area contributed by atoms with E-state index in [1.807, 2.05) is 24.1 Å². The van der Waals surface area contributed by atoms with Crippen molar-refractivity contribution in [1.29, 1.82) is 0 Å². The second-order valence-corrected chi connectivity index (χ2v) is 7.10. The van der Waals surface area contributed by atoms with Gasteiger partial charge in [0.05, 0.1) is 20.1 Å². The average Bonchev–Trinajstić information content (AvgIpc) is 3.14. The van der Waals surface area contributed by atoms with Crippen molar-refractivity contribution in [2.24, 2.45) is 0 Å². The number of benzene rings is 1. The molecular weight excluding hydrogens is 366 g/mol. The summed E-state index contributed by atoms with van der Waals surface area (Å²) in [6.45, 7) is 1.99. The highest BCUT2D eigenvalue weighted by molar-refractivity contribution is 6.31. The number of likely N-dealkylation sites (tertiary alicyclic amines) is 1. The molecule has 0 unspecified atom stereocenters. The van der Waals surface area contributed by atoms with Gasteiger partial charge < -0.3 is 15.4 Å². The average molecular weight is 390 g/mol. The Morgan fingerprint density at radius 3 is 3.00 bits per heavy atom. The molecule has 1 atom stereocenters. The number of carbonyl (C=O) groups is 1. The van der Waals surface area contributed by atoms with E-state index in [1.54, 1.807) is 25.4 Å². The molecule has 0 saturated carbocycles. The fourth-order valence-electron chi connectivity index (χ4n) is 3.34. The Morgan fingerprint density at radius 1 is 1.44 bits per heavy atom. The van der Waals surface area contributed by atoms with Gasteiger partial charge in [-0.25, -0.2) is 9.97 Å². The molecule has 1 aromatic carbocycles. The summed E-state index contributed by atoms with van der Waals surface area (Å²) in [4.78, 5) is 25.3. The first kappa shape index (κ1) is 19.4. The lowest BCUT2D eigenvalue weighted by Gasteiger charge is -2.24. The minimum absolute atomic E-state index is 0.0532. The third-order valence-corrected chi connectivity index (χ3v) is 5.24. The molecule has 2 N–H and O–H groups in total. The Bertz CT molecular complexity index is 816. The summed E-state index contributed by atoms with van der Waals surface area (Å²) >= 11 is 6.26. The van der Waals surface area contributed by atoms with Crippen LogP contribution in [0.15, 0.2) is 30.5 Å².